The molecule has 2 aliphatic rings. The highest BCUT2D eigenvalue weighted by atomic mass is 19.1. The fourth-order valence-electron chi connectivity index (χ4n) is 3.80. The van der Waals surface area contributed by atoms with Crippen molar-refractivity contribution in [3.05, 3.63) is 29.6 Å². The molecule has 1 aromatic carbocycles. The quantitative estimate of drug-likeness (QED) is 0.910. The molecule has 0 bridgehead atoms. The van der Waals surface area contributed by atoms with Crippen LogP contribution in [0.5, 0.6) is 5.75 Å². The Labute approximate surface area is 141 Å². The molecule has 3 rings (SSSR count). The van der Waals surface area contributed by atoms with Crippen LogP contribution in [0.2, 0.25) is 0 Å². The van der Waals surface area contributed by atoms with Gasteiger partial charge in [-0.25, -0.2) is 4.39 Å². The predicted molar refractivity (Wildman–Crippen MR) is 86.3 cm³/mol. The third kappa shape index (κ3) is 3.54. The van der Waals surface area contributed by atoms with Crippen molar-refractivity contribution in [3.8, 4) is 5.75 Å². The van der Waals surface area contributed by atoms with E-state index >= 15 is 0 Å². The number of morpholine rings is 1. The number of rotatable bonds is 4. The third-order valence-corrected chi connectivity index (χ3v) is 5.08. The molecule has 1 aliphatic heterocycles. The van der Waals surface area contributed by atoms with Crippen LogP contribution in [0, 0.1) is 11.7 Å². The lowest BCUT2D eigenvalue weighted by molar-refractivity contribution is -0.143. The summed E-state index contributed by atoms with van der Waals surface area (Å²) in [5.41, 5.74) is 0.621. The highest BCUT2D eigenvalue weighted by Gasteiger charge is 2.39. The Morgan fingerprint density at radius 3 is 2.96 bits per heavy atom. The van der Waals surface area contributed by atoms with Crippen LogP contribution in [-0.4, -0.2) is 54.9 Å². The second kappa shape index (κ2) is 7.49. The Morgan fingerprint density at radius 2 is 2.29 bits per heavy atom. The van der Waals surface area contributed by atoms with Gasteiger partial charge in [0.1, 0.15) is 0 Å². The van der Waals surface area contributed by atoms with Crippen LogP contribution < -0.4 is 4.74 Å². The third-order valence-electron chi connectivity index (χ3n) is 5.08. The largest absolute Gasteiger partial charge is 0.494 e. The fourth-order valence-corrected chi connectivity index (χ4v) is 3.80. The van der Waals surface area contributed by atoms with Gasteiger partial charge in [-0.3, -0.25) is 4.79 Å². The first-order chi connectivity index (χ1) is 11.6. The summed E-state index contributed by atoms with van der Waals surface area (Å²) in [5.74, 6) is -0.272. The molecule has 1 saturated carbocycles. The first kappa shape index (κ1) is 17.2. The minimum absolute atomic E-state index is 0.0491. The topological polar surface area (TPSA) is 59.0 Å². The summed E-state index contributed by atoms with van der Waals surface area (Å²) in [6.07, 6.45) is 2.45. The molecule has 5 nitrogen and oxygen atoms in total. The van der Waals surface area contributed by atoms with Gasteiger partial charge >= 0.3 is 0 Å². The summed E-state index contributed by atoms with van der Waals surface area (Å²) < 4.78 is 24.3. The first-order valence-corrected chi connectivity index (χ1v) is 8.48. The molecule has 1 aliphatic carbocycles. The van der Waals surface area contributed by atoms with E-state index in [1.54, 1.807) is 6.07 Å². The van der Waals surface area contributed by atoms with Gasteiger partial charge < -0.3 is 19.5 Å². The average molecular weight is 337 g/mol. The summed E-state index contributed by atoms with van der Waals surface area (Å²) >= 11 is 0. The predicted octanol–water partition coefficient (Wildman–Crippen LogP) is 1.77. The van der Waals surface area contributed by atoms with E-state index in [-0.39, 0.29) is 36.1 Å². The molecule has 1 N–H and O–H groups in total. The fraction of sp³-hybridized carbons (Fsp3) is 0.611. The van der Waals surface area contributed by atoms with E-state index in [4.69, 9.17) is 9.47 Å². The number of carbonyl (C=O) groups excluding carboxylic acids is 1. The van der Waals surface area contributed by atoms with Gasteiger partial charge in [-0.15, -0.1) is 0 Å². The zero-order valence-electron chi connectivity index (χ0n) is 13.9. The van der Waals surface area contributed by atoms with E-state index in [1.807, 2.05) is 4.90 Å². The molecule has 132 valence electrons. The van der Waals surface area contributed by atoms with E-state index < -0.39 is 5.82 Å². The zero-order chi connectivity index (χ0) is 17.1. The van der Waals surface area contributed by atoms with Crippen molar-refractivity contribution in [2.45, 2.75) is 37.8 Å². The number of ether oxygens (including phenoxy) is 2. The van der Waals surface area contributed by atoms with Gasteiger partial charge in [-0.05, 0) is 30.5 Å². The minimum atomic E-state index is -0.465. The highest BCUT2D eigenvalue weighted by Crippen LogP contribution is 2.32. The molecule has 1 aromatic rings. The standard InChI is InChI=1S/C18H24FNO4/c1-23-17-6-5-12(9-14(17)19)10-18(22)20-7-8-24-11-15(20)13-3-2-4-16(13)21/h5-6,9,13,15-16,21H,2-4,7-8,10-11H2,1H3/t13-,15+,16+/m0/s1. The van der Waals surface area contributed by atoms with Gasteiger partial charge in [0.2, 0.25) is 5.91 Å². The minimum Gasteiger partial charge on any atom is -0.494 e. The highest BCUT2D eigenvalue weighted by molar-refractivity contribution is 5.79. The Bertz CT molecular complexity index is 594. The molecule has 1 heterocycles. The van der Waals surface area contributed by atoms with Crippen LogP contribution in [0.25, 0.3) is 0 Å². The molecule has 0 radical (unpaired) electrons. The summed E-state index contributed by atoms with van der Waals surface area (Å²) in [5, 5.41) is 10.2. The van der Waals surface area contributed by atoms with E-state index in [0.717, 1.165) is 19.3 Å². The lowest BCUT2D eigenvalue weighted by Crippen LogP contribution is -2.54. The molecule has 0 unspecified atom stereocenters. The van der Waals surface area contributed by atoms with Crippen LogP contribution in [0.4, 0.5) is 4.39 Å². The molecule has 0 spiro atoms. The van der Waals surface area contributed by atoms with Crippen LogP contribution in [-0.2, 0) is 16.0 Å². The molecule has 24 heavy (non-hydrogen) atoms. The van der Waals surface area contributed by atoms with E-state index in [0.29, 0.717) is 25.3 Å². The second-order valence-corrected chi connectivity index (χ2v) is 6.54. The molecule has 1 amide bonds. The van der Waals surface area contributed by atoms with Gasteiger partial charge in [0.15, 0.2) is 11.6 Å². The van der Waals surface area contributed by atoms with Gasteiger partial charge in [0, 0.05) is 12.5 Å². The van der Waals surface area contributed by atoms with Crippen molar-refractivity contribution in [2.24, 2.45) is 5.92 Å². The van der Waals surface area contributed by atoms with Crippen molar-refractivity contribution in [3.63, 3.8) is 0 Å². The SMILES string of the molecule is COc1ccc(CC(=O)N2CCOC[C@@H]2[C@@H]2CCC[C@H]2O)cc1F. The number of aliphatic hydroxyl groups excluding tert-OH is 1. The molecule has 0 aromatic heterocycles. The number of nitrogens with zero attached hydrogens (tertiary/aromatic N) is 1. The maximum atomic E-state index is 13.8. The number of carbonyl (C=O) groups is 1. The van der Waals surface area contributed by atoms with Crippen LogP contribution in [0.1, 0.15) is 24.8 Å². The van der Waals surface area contributed by atoms with Crippen LogP contribution >= 0.6 is 0 Å². The number of benzene rings is 1. The van der Waals surface area contributed by atoms with E-state index in [2.05, 4.69) is 0 Å². The number of aliphatic hydroxyl groups is 1. The zero-order valence-corrected chi connectivity index (χ0v) is 13.9. The number of halogens is 1. The second-order valence-electron chi connectivity index (χ2n) is 6.54. The summed E-state index contributed by atoms with van der Waals surface area (Å²) in [6.45, 7) is 1.48. The Hall–Kier alpha value is -1.66. The smallest absolute Gasteiger partial charge is 0.227 e. The van der Waals surface area contributed by atoms with Crippen LogP contribution in [0.3, 0.4) is 0 Å². The van der Waals surface area contributed by atoms with Gasteiger partial charge in [0.25, 0.3) is 0 Å². The summed E-state index contributed by atoms with van der Waals surface area (Å²) in [4.78, 5) is 14.6. The monoisotopic (exact) mass is 337 g/mol. The first-order valence-electron chi connectivity index (χ1n) is 8.48. The Morgan fingerprint density at radius 1 is 1.46 bits per heavy atom. The number of hydrogen-bond acceptors (Lipinski definition) is 4. The molecule has 6 heteroatoms. The van der Waals surface area contributed by atoms with Crippen LogP contribution in [0.15, 0.2) is 18.2 Å². The van der Waals surface area contributed by atoms with Crippen molar-refractivity contribution >= 4 is 5.91 Å². The summed E-state index contributed by atoms with van der Waals surface area (Å²) in [7, 11) is 1.41. The normalized spacial score (nSPS) is 27.3. The molecular formula is C18H24FNO4. The van der Waals surface area contributed by atoms with E-state index in [1.165, 1.54) is 19.2 Å². The number of hydrogen-bond donors (Lipinski definition) is 1. The van der Waals surface area contributed by atoms with Gasteiger partial charge in [-0.2, -0.15) is 0 Å². The summed E-state index contributed by atoms with van der Waals surface area (Å²) in [6, 6.07) is 4.50. The average Bonchev–Trinajstić information content (AvgIpc) is 3.01. The molecule has 2 fully saturated rings. The van der Waals surface area contributed by atoms with Gasteiger partial charge in [-0.1, -0.05) is 12.5 Å². The molecule has 3 atom stereocenters. The maximum absolute atomic E-state index is 13.8. The lowest BCUT2D eigenvalue weighted by Gasteiger charge is -2.40. The molecular weight excluding hydrogens is 313 g/mol. The number of amides is 1. The maximum Gasteiger partial charge on any atom is 0.227 e. The number of methoxy groups -OCH3 is 1. The molecule has 1 saturated heterocycles. The Kier molecular flexibility index (Phi) is 5.36. The van der Waals surface area contributed by atoms with Crippen molar-refractivity contribution in [1.29, 1.82) is 0 Å². The van der Waals surface area contributed by atoms with E-state index in [9.17, 15) is 14.3 Å². The Balaban J connectivity index is 1.71. The van der Waals surface area contributed by atoms with Crippen molar-refractivity contribution < 1.29 is 23.8 Å². The van der Waals surface area contributed by atoms with Crippen molar-refractivity contribution in [1.82, 2.24) is 4.90 Å². The van der Waals surface area contributed by atoms with Crippen molar-refractivity contribution in [2.75, 3.05) is 26.9 Å². The van der Waals surface area contributed by atoms with Gasteiger partial charge in [0.05, 0.1) is 38.9 Å². The lowest BCUT2D eigenvalue weighted by atomic mass is 9.93.